The Morgan fingerprint density at radius 2 is 1.96 bits per heavy atom. The van der Waals surface area contributed by atoms with Gasteiger partial charge in [0.25, 0.3) is 5.56 Å². The van der Waals surface area contributed by atoms with Crippen molar-refractivity contribution >= 4 is 32.6 Å². The molecule has 2 aromatic rings. The highest BCUT2D eigenvalue weighted by molar-refractivity contribution is 9.10. The third-order valence-electron chi connectivity index (χ3n) is 4.95. The predicted octanol–water partition coefficient (Wildman–Crippen LogP) is 3.15. The number of nitrogens with zero attached hydrogens (tertiary/aromatic N) is 2. The lowest BCUT2D eigenvalue weighted by Gasteiger charge is -2.22. The van der Waals surface area contributed by atoms with Gasteiger partial charge in [-0.05, 0) is 43.9 Å². The summed E-state index contributed by atoms with van der Waals surface area (Å²) in [6.45, 7) is -0.0810. The smallest absolute Gasteiger partial charge is 0.275 e. The Morgan fingerprint density at radius 3 is 2.69 bits per heavy atom. The summed E-state index contributed by atoms with van der Waals surface area (Å²) in [6.07, 6.45) is 7.70. The lowest BCUT2D eigenvalue weighted by Crippen LogP contribution is -2.40. The van der Waals surface area contributed by atoms with Crippen LogP contribution in [0.2, 0.25) is 0 Å². The average molecular weight is 420 g/mol. The van der Waals surface area contributed by atoms with Gasteiger partial charge in [-0.3, -0.25) is 9.59 Å². The van der Waals surface area contributed by atoms with Crippen LogP contribution in [0.5, 0.6) is 5.88 Å². The summed E-state index contributed by atoms with van der Waals surface area (Å²) in [5, 5.41) is 8.59. The molecule has 0 saturated heterocycles. The standard InChI is InChI=1S/C19H22BrN3O3/c20-12-6-9-15-16(10-12)18(26-14-7-8-14)22-23(19(15)25)11-17(24)21-13-4-2-1-3-5-13/h6,9-10,13-14H,1-5,7-8,11H2,(H,21,24). The van der Waals surface area contributed by atoms with E-state index in [1.54, 1.807) is 6.07 Å². The normalized spacial score (nSPS) is 18.0. The van der Waals surface area contributed by atoms with Crippen LogP contribution in [-0.2, 0) is 11.3 Å². The Labute approximate surface area is 160 Å². The van der Waals surface area contributed by atoms with E-state index in [0.717, 1.165) is 43.0 Å². The van der Waals surface area contributed by atoms with Crippen LogP contribution < -0.4 is 15.6 Å². The fraction of sp³-hybridized carbons (Fsp3) is 0.526. The van der Waals surface area contributed by atoms with Crippen LogP contribution in [-0.4, -0.2) is 27.8 Å². The molecule has 0 aliphatic heterocycles. The molecule has 4 rings (SSSR count). The molecule has 2 fully saturated rings. The maximum atomic E-state index is 12.8. The maximum Gasteiger partial charge on any atom is 0.275 e. The second-order valence-corrected chi connectivity index (χ2v) is 8.09. The molecule has 138 valence electrons. The molecule has 2 aliphatic rings. The SMILES string of the molecule is O=C(Cn1nc(OC2CC2)c2cc(Br)ccc2c1=O)NC1CCCCC1. The van der Waals surface area contributed by atoms with Gasteiger partial charge in [0.1, 0.15) is 12.6 Å². The number of rotatable bonds is 5. The van der Waals surface area contributed by atoms with E-state index in [1.165, 1.54) is 11.1 Å². The molecular formula is C19H22BrN3O3. The Bertz CT molecular complexity index is 885. The molecule has 0 radical (unpaired) electrons. The maximum absolute atomic E-state index is 12.8. The fourth-order valence-electron chi connectivity index (χ4n) is 3.42. The lowest BCUT2D eigenvalue weighted by molar-refractivity contribution is -0.122. The van der Waals surface area contributed by atoms with Crippen molar-refractivity contribution in [3.63, 3.8) is 0 Å². The summed E-state index contributed by atoms with van der Waals surface area (Å²) in [5.74, 6) is 0.259. The molecule has 0 unspecified atom stereocenters. The number of amides is 1. The summed E-state index contributed by atoms with van der Waals surface area (Å²) >= 11 is 3.43. The summed E-state index contributed by atoms with van der Waals surface area (Å²) in [6, 6.07) is 5.62. The number of ether oxygens (including phenoxy) is 1. The summed E-state index contributed by atoms with van der Waals surface area (Å²) in [5.41, 5.74) is -0.269. The quantitative estimate of drug-likeness (QED) is 0.807. The Balaban J connectivity index is 1.61. The van der Waals surface area contributed by atoms with E-state index in [0.29, 0.717) is 16.7 Å². The third kappa shape index (κ3) is 3.92. The lowest BCUT2D eigenvalue weighted by atomic mass is 9.95. The molecule has 2 aliphatic carbocycles. The molecule has 26 heavy (non-hydrogen) atoms. The first-order chi connectivity index (χ1) is 12.6. The number of nitrogens with one attached hydrogen (secondary N) is 1. The molecule has 1 amide bonds. The van der Waals surface area contributed by atoms with E-state index in [-0.39, 0.29) is 30.2 Å². The number of hydrogen-bond acceptors (Lipinski definition) is 4. The summed E-state index contributed by atoms with van der Waals surface area (Å²) < 4.78 is 7.99. The van der Waals surface area contributed by atoms with Gasteiger partial charge < -0.3 is 10.1 Å². The second-order valence-electron chi connectivity index (χ2n) is 7.18. The van der Waals surface area contributed by atoms with Gasteiger partial charge in [-0.25, -0.2) is 4.68 Å². The Hall–Kier alpha value is -1.89. The van der Waals surface area contributed by atoms with Crippen LogP contribution >= 0.6 is 15.9 Å². The van der Waals surface area contributed by atoms with Crippen molar-refractivity contribution in [3.05, 3.63) is 33.0 Å². The van der Waals surface area contributed by atoms with E-state index in [9.17, 15) is 9.59 Å². The van der Waals surface area contributed by atoms with Crippen molar-refractivity contribution in [2.24, 2.45) is 0 Å². The number of hydrogen-bond donors (Lipinski definition) is 1. The highest BCUT2D eigenvalue weighted by atomic mass is 79.9. The van der Waals surface area contributed by atoms with Gasteiger partial charge in [-0.1, -0.05) is 35.2 Å². The van der Waals surface area contributed by atoms with Crippen LogP contribution in [0.4, 0.5) is 0 Å². The molecule has 7 heteroatoms. The largest absolute Gasteiger partial charge is 0.473 e. The Kier molecular flexibility index (Phi) is 4.98. The van der Waals surface area contributed by atoms with Gasteiger partial charge in [-0.2, -0.15) is 0 Å². The van der Waals surface area contributed by atoms with Crippen LogP contribution in [0, 0.1) is 0 Å². The van der Waals surface area contributed by atoms with Gasteiger partial charge in [0, 0.05) is 10.5 Å². The number of carbonyl (C=O) groups is 1. The van der Waals surface area contributed by atoms with Crippen LogP contribution in [0.3, 0.4) is 0 Å². The number of halogens is 1. The molecule has 0 atom stereocenters. The van der Waals surface area contributed by atoms with Crippen molar-refractivity contribution in [2.45, 2.75) is 63.6 Å². The minimum Gasteiger partial charge on any atom is -0.473 e. The zero-order valence-corrected chi connectivity index (χ0v) is 16.1. The van der Waals surface area contributed by atoms with Crippen molar-refractivity contribution in [3.8, 4) is 5.88 Å². The zero-order valence-electron chi connectivity index (χ0n) is 14.5. The molecule has 2 saturated carbocycles. The molecule has 1 N–H and O–H groups in total. The van der Waals surface area contributed by atoms with Gasteiger partial charge in [0.05, 0.1) is 10.8 Å². The number of aromatic nitrogens is 2. The summed E-state index contributed by atoms with van der Waals surface area (Å²) in [4.78, 5) is 25.2. The molecule has 0 spiro atoms. The Morgan fingerprint density at radius 1 is 1.19 bits per heavy atom. The molecule has 0 bridgehead atoms. The predicted molar refractivity (Wildman–Crippen MR) is 102 cm³/mol. The number of fused-ring (bicyclic) bond motifs is 1. The first-order valence-corrected chi connectivity index (χ1v) is 10.1. The number of benzene rings is 1. The van der Waals surface area contributed by atoms with Gasteiger partial charge >= 0.3 is 0 Å². The monoisotopic (exact) mass is 419 g/mol. The van der Waals surface area contributed by atoms with Crippen LogP contribution in [0.15, 0.2) is 27.5 Å². The first-order valence-electron chi connectivity index (χ1n) is 9.26. The first kappa shape index (κ1) is 17.5. The van der Waals surface area contributed by atoms with E-state index in [4.69, 9.17) is 4.74 Å². The summed E-state index contributed by atoms with van der Waals surface area (Å²) in [7, 11) is 0. The van der Waals surface area contributed by atoms with Crippen molar-refractivity contribution in [1.82, 2.24) is 15.1 Å². The van der Waals surface area contributed by atoms with E-state index < -0.39 is 0 Å². The van der Waals surface area contributed by atoms with Gasteiger partial charge in [0.15, 0.2) is 0 Å². The van der Waals surface area contributed by atoms with E-state index in [2.05, 4.69) is 26.3 Å². The average Bonchev–Trinajstić information content (AvgIpc) is 3.44. The minimum absolute atomic E-state index is 0.0810. The topological polar surface area (TPSA) is 73.2 Å². The van der Waals surface area contributed by atoms with E-state index >= 15 is 0 Å². The molecule has 1 aromatic heterocycles. The van der Waals surface area contributed by atoms with Gasteiger partial charge in [0.2, 0.25) is 11.8 Å². The highest BCUT2D eigenvalue weighted by Gasteiger charge is 2.26. The zero-order chi connectivity index (χ0) is 18.1. The van der Waals surface area contributed by atoms with Crippen molar-refractivity contribution < 1.29 is 9.53 Å². The second kappa shape index (κ2) is 7.39. The highest BCUT2D eigenvalue weighted by Crippen LogP contribution is 2.30. The molecule has 6 nitrogen and oxygen atoms in total. The van der Waals surface area contributed by atoms with Crippen LogP contribution in [0.1, 0.15) is 44.9 Å². The fourth-order valence-corrected chi connectivity index (χ4v) is 3.78. The third-order valence-corrected chi connectivity index (χ3v) is 5.45. The molecular weight excluding hydrogens is 398 g/mol. The van der Waals surface area contributed by atoms with Crippen molar-refractivity contribution in [1.29, 1.82) is 0 Å². The number of carbonyl (C=O) groups excluding carboxylic acids is 1. The van der Waals surface area contributed by atoms with E-state index in [1.807, 2.05) is 12.1 Å². The van der Waals surface area contributed by atoms with Crippen LogP contribution in [0.25, 0.3) is 10.8 Å². The van der Waals surface area contributed by atoms with Gasteiger partial charge in [-0.15, -0.1) is 5.10 Å². The minimum atomic E-state index is -0.269. The molecule has 1 heterocycles. The molecule has 1 aromatic carbocycles. The van der Waals surface area contributed by atoms with Crippen molar-refractivity contribution in [2.75, 3.05) is 0 Å².